The Balaban J connectivity index is 2.24. The van der Waals surface area contributed by atoms with E-state index in [2.05, 4.69) is 19.1 Å². The molecule has 0 saturated carbocycles. The maximum absolute atomic E-state index is 6.33. The normalized spacial score (nSPS) is 13.9. The monoisotopic (exact) mass is 275 g/mol. The molecule has 2 nitrogen and oxygen atoms in total. The van der Waals surface area contributed by atoms with Crippen molar-refractivity contribution in [2.75, 3.05) is 7.11 Å². The average molecular weight is 276 g/mol. The van der Waals surface area contributed by atoms with Gasteiger partial charge in [0.15, 0.2) is 0 Å². The molecule has 3 heteroatoms. The summed E-state index contributed by atoms with van der Waals surface area (Å²) >= 11 is 6.14. The van der Waals surface area contributed by atoms with Crippen LogP contribution >= 0.6 is 11.6 Å². The van der Waals surface area contributed by atoms with Gasteiger partial charge in [0.1, 0.15) is 5.75 Å². The summed E-state index contributed by atoms with van der Waals surface area (Å²) in [7, 11) is 1.60. The Labute approximate surface area is 119 Å². The Morgan fingerprint density at radius 2 is 1.74 bits per heavy atom. The Bertz CT molecular complexity index is 542. The molecule has 0 heterocycles. The molecular formula is C16H18ClNO. The van der Waals surface area contributed by atoms with E-state index < -0.39 is 0 Å². The van der Waals surface area contributed by atoms with Crippen LogP contribution in [0.5, 0.6) is 5.75 Å². The van der Waals surface area contributed by atoms with Crippen LogP contribution in [0.2, 0.25) is 5.02 Å². The number of ether oxygens (including phenoxy) is 1. The van der Waals surface area contributed by atoms with Crippen molar-refractivity contribution in [3.63, 3.8) is 0 Å². The highest BCUT2D eigenvalue weighted by molar-refractivity contribution is 6.32. The molecule has 0 aliphatic heterocycles. The van der Waals surface area contributed by atoms with Gasteiger partial charge in [0.25, 0.3) is 0 Å². The van der Waals surface area contributed by atoms with Crippen molar-refractivity contribution in [3.05, 3.63) is 64.7 Å². The second kappa shape index (κ2) is 6.09. The van der Waals surface area contributed by atoms with Gasteiger partial charge in [0.2, 0.25) is 0 Å². The molecule has 0 saturated heterocycles. The van der Waals surface area contributed by atoms with Crippen LogP contribution in [0.1, 0.15) is 30.0 Å². The third-order valence-corrected chi connectivity index (χ3v) is 3.72. The summed E-state index contributed by atoms with van der Waals surface area (Å²) in [6.45, 7) is 2.12. The summed E-state index contributed by atoms with van der Waals surface area (Å²) in [5, 5.41) is 0.593. The van der Waals surface area contributed by atoms with E-state index in [9.17, 15) is 0 Å². The average Bonchev–Trinajstić information content (AvgIpc) is 2.46. The zero-order valence-electron chi connectivity index (χ0n) is 11.1. The van der Waals surface area contributed by atoms with E-state index in [-0.39, 0.29) is 12.0 Å². The number of rotatable bonds is 4. The summed E-state index contributed by atoms with van der Waals surface area (Å²) < 4.78 is 5.15. The van der Waals surface area contributed by atoms with Crippen molar-refractivity contribution in [1.29, 1.82) is 0 Å². The van der Waals surface area contributed by atoms with E-state index in [1.165, 1.54) is 5.56 Å². The summed E-state index contributed by atoms with van der Waals surface area (Å²) in [5.74, 6) is 0.899. The minimum Gasteiger partial charge on any atom is -0.495 e. The van der Waals surface area contributed by atoms with Crippen molar-refractivity contribution in [3.8, 4) is 5.75 Å². The molecule has 2 aromatic carbocycles. The van der Waals surface area contributed by atoms with Gasteiger partial charge in [-0.05, 0) is 23.3 Å². The lowest BCUT2D eigenvalue weighted by atomic mass is 9.89. The van der Waals surface area contributed by atoms with Gasteiger partial charge in [0, 0.05) is 12.0 Å². The highest BCUT2D eigenvalue weighted by Gasteiger charge is 2.17. The SMILES string of the molecule is COc1ccc(C(N)C(C)c2ccccc2)cc1Cl. The van der Waals surface area contributed by atoms with E-state index >= 15 is 0 Å². The smallest absolute Gasteiger partial charge is 0.137 e. The van der Waals surface area contributed by atoms with Crippen molar-refractivity contribution < 1.29 is 4.74 Å². The first-order valence-corrected chi connectivity index (χ1v) is 6.65. The number of methoxy groups -OCH3 is 1. The van der Waals surface area contributed by atoms with E-state index in [0.29, 0.717) is 10.8 Å². The highest BCUT2D eigenvalue weighted by Crippen LogP contribution is 2.32. The fourth-order valence-electron chi connectivity index (χ4n) is 2.14. The predicted molar refractivity (Wildman–Crippen MR) is 79.8 cm³/mol. The molecule has 0 amide bonds. The van der Waals surface area contributed by atoms with Gasteiger partial charge >= 0.3 is 0 Å². The van der Waals surface area contributed by atoms with Crippen molar-refractivity contribution in [2.45, 2.75) is 18.9 Å². The lowest BCUT2D eigenvalue weighted by molar-refractivity contribution is 0.414. The quantitative estimate of drug-likeness (QED) is 0.910. The second-order valence-corrected chi connectivity index (χ2v) is 5.03. The number of hydrogen-bond donors (Lipinski definition) is 1. The molecule has 0 bridgehead atoms. The van der Waals surface area contributed by atoms with Crippen LogP contribution in [0.4, 0.5) is 0 Å². The van der Waals surface area contributed by atoms with Gasteiger partial charge in [-0.2, -0.15) is 0 Å². The third kappa shape index (κ3) is 3.09. The van der Waals surface area contributed by atoms with Crippen LogP contribution in [-0.4, -0.2) is 7.11 Å². The molecule has 0 aliphatic rings. The summed E-state index contributed by atoms with van der Waals surface area (Å²) in [5.41, 5.74) is 8.57. The largest absolute Gasteiger partial charge is 0.495 e. The summed E-state index contributed by atoms with van der Waals surface area (Å²) in [4.78, 5) is 0. The molecule has 2 unspecified atom stereocenters. The molecular weight excluding hydrogens is 258 g/mol. The van der Waals surface area contributed by atoms with Crippen LogP contribution in [0.25, 0.3) is 0 Å². The van der Waals surface area contributed by atoms with E-state index in [4.69, 9.17) is 22.1 Å². The number of hydrogen-bond acceptors (Lipinski definition) is 2. The molecule has 0 aliphatic carbocycles. The topological polar surface area (TPSA) is 35.2 Å². The molecule has 2 atom stereocenters. The van der Waals surface area contributed by atoms with Crippen molar-refractivity contribution in [2.24, 2.45) is 5.73 Å². The highest BCUT2D eigenvalue weighted by atomic mass is 35.5. The van der Waals surface area contributed by atoms with Crippen molar-refractivity contribution in [1.82, 2.24) is 0 Å². The van der Waals surface area contributed by atoms with Crippen molar-refractivity contribution >= 4 is 11.6 Å². The standard InChI is InChI=1S/C16H18ClNO/c1-11(12-6-4-3-5-7-12)16(18)13-8-9-15(19-2)14(17)10-13/h3-11,16H,18H2,1-2H3. The lowest BCUT2D eigenvalue weighted by Gasteiger charge is -2.21. The lowest BCUT2D eigenvalue weighted by Crippen LogP contribution is -2.17. The van der Waals surface area contributed by atoms with E-state index in [1.807, 2.05) is 36.4 Å². The fraction of sp³-hybridized carbons (Fsp3) is 0.250. The zero-order valence-corrected chi connectivity index (χ0v) is 11.9. The van der Waals surface area contributed by atoms with E-state index in [1.54, 1.807) is 7.11 Å². The molecule has 2 rings (SSSR count). The Morgan fingerprint density at radius 1 is 1.05 bits per heavy atom. The minimum absolute atomic E-state index is 0.0918. The maximum atomic E-state index is 6.33. The first-order valence-electron chi connectivity index (χ1n) is 6.27. The molecule has 100 valence electrons. The molecule has 2 N–H and O–H groups in total. The van der Waals surface area contributed by atoms with Gasteiger partial charge < -0.3 is 10.5 Å². The van der Waals surface area contributed by atoms with Gasteiger partial charge in [-0.1, -0.05) is 54.9 Å². The number of halogens is 1. The van der Waals surface area contributed by atoms with Crippen LogP contribution in [0.15, 0.2) is 48.5 Å². The maximum Gasteiger partial charge on any atom is 0.137 e. The molecule has 0 radical (unpaired) electrons. The first kappa shape index (κ1) is 13.9. The molecule has 19 heavy (non-hydrogen) atoms. The third-order valence-electron chi connectivity index (χ3n) is 3.42. The molecule has 0 spiro atoms. The van der Waals surface area contributed by atoms with Gasteiger partial charge in [0.05, 0.1) is 12.1 Å². The summed E-state index contributed by atoms with van der Waals surface area (Å²) in [6, 6.07) is 15.9. The Kier molecular flexibility index (Phi) is 4.46. The second-order valence-electron chi connectivity index (χ2n) is 4.62. The predicted octanol–water partition coefficient (Wildman–Crippen LogP) is 4.15. The first-order chi connectivity index (χ1) is 9.13. The zero-order chi connectivity index (χ0) is 13.8. The van der Waals surface area contributed by atoms with Crippen LogP contribution in [-0.2, 0) is 0 Å². The fourth-order valence-corrected chi connectivity index (χ4v) is 2.41. The Hall–Kier alpha value is -1.51. The van der Waals surface area contributed by atoms with Crippen LogP contribution in [0.3, 0.4) is 0 Å². The van der Waals surface area contributed by atoms with Gasteiger partial charge in [-0.3, -0.25) is 0 Å². The molecule has 0 aromatic heterocycles. The number of benzene rings is 2. The number of nitrogens with two attached hydrogens (primary N) is 1. The van der Waals surface area contributed by atoms with Crippen LogP contribution < -0.4 is 10.5 Å². The molecule has 0 fully saturated rings. The van der Waals surface area contributed by atoms with Crippen LogP contribution in [0, 0.1) is 0 Å². The molecule has 2 aromatic rings. The Morgan fingerprint density at radius 3 is 2.32 bits per heavy atom. The minimum atomic E-state index is -0.0918. The van der Waals surface area contributed by atoms with E-state index in [0.717, 1.165) is 5.56 Å². The van der Waals surface area contributed by atoms with Gasteiger partial charge in [-0.15, -0.1) is 0 Å². The summed E-state index contributed by atoms with van der Waals surface area (Å²) in [6.07, 6.45) is 0. The van der Waals surface area contributed by atoms with Gasteiger partial charge in [-0.25, -0.2) is 0 Å².